The second kappa shape index (κ2) is 6.16. The minimum Gasteiger partial charge on any atom is -0.416 e. The predicted octanol–water partition coefficient (Wildman–Crippen LogP) is 3.85. The number of aromatic nitrogens is 4. The van der Waals surface area contributed by atoms with Crippen LogP contribution >= 0.6 is 11.8 Å². The second-order valence-corrected chi connectivity index (χ2v) is 6.46. The van der Waals surface area contributed by atoms with E-state index in [1.165, 1.54) is 17.3 Å². The van der Waals surface area contributed by atoms with E-state index in [1.54, 1.807) is 0 Å². The molecule has 4 rings (SSSR count). The van der Waals surface area contributed by atoms with E-state index in [1.807, 2.05) is 12.1 Å². The zero-order chi connectivity index (χ0) is 15.6. The van der Waals surface area contributed by atoms with Crippen LogP contribution in [0.2, 0.25) is 0 Å². The maximum atomic E-state index is 5.60. The van der Waals surface area contributed by atoms with E-state index in [-0.39, 0.29) is 0 Å². The molecule has 0 aliphatic heterocycles. The highest BCUT2D eigenvalue weighted by atomic mass is 32.2. The summed E-state index contributed by atoms with van der Waals surface area (Å²) in [5.74, 6) is 2.89. The van der Waals surface area contributed by atoms with Gasteiger partial charge in [0.05, 0.1) is 5.75 Å². The van der Waals surface area contributed by atoms with Gasteiger partial charge in [-0.1, -0.05) is 48.1 Å². The van der Waals surface area contributed by atoms with Crippen molar-refractivity contribution >= 4 is 11.8 Å². The zero-order valence-corrected chi connectivity index (χ0v) is 13.5. The molecule has 1 aliphatic carbocycles. The Morgan fingerprint density at radius 3 is 2.74 bits per heavy atom. The maximum Gasteiger partial charge on any atom is 0.277 e. The number of nitrogens with zero attached hydrogens (tertiary/aromatic N) is 4. The predicted molar refractivity (Wildman–Crippen MR) is 84.9 cm³/mol. The molecule has 2 aromatic heterocycles. The van der Waals surface area contributed by atoms with Crippen molar-refractivity contribution in [2.24, 2.45) is 0 Å². The molecule has 23 heavy (non-hydrogen) atoms. The van der Waals surface area contributed by atoms with Gasteiger partial charge in [0.25, 0.3) is 5.22 Å². The first-order chi connectivity index (χ1) is 11.3. The SMILES string of the molecule is CCc1ccc(-c2noc(CSc3nnc(C4CC4)o3)n2)cc1. The number of rotatable bonds is 6. The molecule has 1 fully saturated rings. The summed E-state index contributed by atoms with van der Waals surface area (Å²) in [6.07, 6.45) is 3.31. The molecule has 6 nitrogen and oxygen atoms in total. The third-order valence-corrected chi connectivity index (χ3v) is 4.56. The first-order valence-corrected chi connectivity index (χ1v) is 8.68. The Balaban J connectivity index is 1.40. The Kier molecular flexibility index (Phi) is 3.87. The third-order valence-electron chi connectivity index (χ3n) is 3.76. The normalized spacial score (nSPS) is 14.3. The highest BCUT2D eigenvalue weighted by molar-refractivity contribution is 7.98. The fourth-order valence-electron chi connectivity index (χ4n) is 2.22. The van der Waals surface area contributed by atoms with Crippen LogP contribution in [-0.4, -0.2) is 20.3 Å². The van der Waals surface area contributed by atoms with E-state index in [0.717, 1.165) is 30.7 Å². The lowest BCUT2D eigenvalue weighted by atomic mass is 10.1. The minimum atomic E-state index is 0.470. The van der Waals surface area contributed by atoms with Crippen molar-refractivity contribution in [2.45, 2.75) is 43.1 Å². The third kappa shape index (κ3) is 3.29. The molecule has 3 aromatic rings. The monoisotopic (exact) mass is 328 g/mol. The number of aryl methyl sites for hydroxylation is 1. The average Bonchev–Trinajstić information content (AvgIpc) is 3.15. The molecule has 2 heterocycles. The molecule has 0 saturated heterocycles. The minimum absolute atomic E-state index is 0.470. The average molecular weight is 328 g/mol. The van der Waals surface area contributed by atoms with Crippen molar-refractivity contribution in [1.29, 1.82) is 0 Å². The van der Waals surface area contributed by atoms with Gasteiger partial charge in [-0.15, -0.1) is 10.2 Å². The highest BCUT2D eigenvalue weighted by Gasteiger charge is 2.29. The van der Waals surface area contributed by atoms with E-state index >= 15 is 0 Å². The van der Waals surface area contributed by atoms with Crippen LogP contribution in [0.1, 0.15) is 43.0 Å². The molecule has 0 bridgehead atoms. The van der Waals surface area contributed by atoms with Crippen LogP contribution in [0.15, 0.2) is 38.4 Å². The molecule has 1 saturated carbocycles. The number of hydrogen-bond donors (Lipinski definition) is 0. The molecule has 1 aromatic carbocycles. The lowest BCUT2D eigenvalue weighted by Gasteiger charge is -1.97. The Bertz CT molecular complexity index is 793. The molecule has 0 unspecified atom stereocenters. The second-order valence-electron chi connectivity index (χ2n) is 5.53. The van der Waals surface area contributed by atoms with E-state index in [9.17, 15) is 0 Å². The van der Waals surface area contributed by atoms with Crippen LogP contribution in [0, 0.1) is 0 Å². The number of benzene rings is 1. The van der Waals surface area contributed by atoms with Crippen molar-refractivity contribution in [1.82, 2.24) is 20.3 Å². The van der Waals surface area contributed by atoms with Crippen LogP contribution in [0.4, 0.5) is 0 Å². The largest absolute Gasteiger partial charge is 0.416 e. The molecule has 0 atom stereocenters. The molecular weight excluding hydrogens is 312 g/mol. The lowest BCUT2D eigenvalue weighted by Crippen LogP contribution is -1.84. The van der Waals surface area contributed by atoms with Gasteiger partial charge in [0, 0.05) is 11.5 Å². The van der Waals surface area contributed by atoms with Crippen molar-refractivity contribution in [3.8, 4) is 11.4 Å². The Hall–Kier alpha value is -2.15. The highest BCUT2D eigenvalue weighted by Crippen LogP contribution is 2.40. The van der Waals surface area contributed by atoms with Gasteiger partial charge >= 0.3 is 0 Å². The number of hydrogen-bond acceptors (Lipinski definition) is 7. The summed E-state index contributed by atoms with van der Waals surface area (Å²) >= 11 is 1.42. The van der Waals surface area contributed by atoms with Crippen LogP contribution in [0.3, 0.4) is 0 Å². The Labute approximate surface area is 137 Å². The molecule has 0 amide bonds. The van der Waals surface area contributed by atoms with Gasteiger partial charge in [0.1, 0.15) is 0 Å². The summed E-state index contributed by atoms with van der Waals surface area (Å²) < 4.78 is 10.9. The van der Waals surface area contributed by atoms with E-state index < -0.39 is 0 Å². The zero-order valence-electron chi connectivity index (χ0n) is 12.7. The van der Waals surface area contributed by atoms with Crippen LogP contribution in [0.25, 0.3) is 11.4 Å². The van der Waals surface area contributed by atoms with Gasteiger partial charge in [-0.05, 0) is 24.8 Å². The van der Waals surface area contributed by atoms with Gasteiger partial charge in [0.2, 0.25) is 17.6 Å². The molecule has 118 valence electrons. The molecule has 0 radical (unpaired) electrons. The smallest absolute Gasteiger partial charge is 0.277 e. The standard InChI is InChI=1S/C16H16N4O2S/c1-2-10-3-5-11(6-4-10)14-17-13(22-20-14)9-23-16-19-18-15(21-16)12-7-8-12/h3-6,12H,2,7-9H2,1H3. The van der Waals surface area contributed by atoms with Gasteiger partial charge in [0.15, 0.2) is 0 Å². The summed E-state index contributed by atoms with van der Waals surface area (Å²) in [6.45, 7) is 2.13. The lowest BCUT2D eigenvalue weighted by molar-refractivity contribution is 0.389. The summed E-state index contributed by atoms with van der Waals surface area (Å²) in [5, 5.41) is 12.7. The summed E-state index contributed by atoms with van der Waals surface area (Å²) in [4.78, 5) is 4.42. The maximum absolute atomic E-state index is 5.60. The fraction of sp³-hybridized carbons (Fsp3) is 0.375. The first kappa shape index (κ1) is 14.4. The van der Waals surface area contributed by atoms with Crippen LogP contribution < -0.4 is 0 Å². The summed E-state index contributed by atoms with van der Waals surface area (Å²) in [6, 6.07) is 8.19. The molecule has 0 spiro atoms. The van der Waals surface area contributed by atoms with Gasteiger partial charge in [-0.3, -0.25) is 0 Å². The first-order valence-electron chi connectivity index (χ1n) is 7.70. The topological polar surface area (TPSA) is 77.8 Å². The van der Waals surface area contributed by atoms with Gasteiger partial charge in [-0.2, -0.15) is 4.98 Å². The van der Waals surface area contributed by atoms with E-state index in [2.05, 4.69) is 39.4 Å². The number of thioether (sulfide) groups is 1. The Morgan fingerprint density at radius 2 is 2.00 bits per heavy atom. The van der Waals surface area contributed by atoms with Crippen molar-refractivity contribution in [3.05, 3.63) is 41.6 Å². The molecule has 7 heteroatoms. The molecule has 1 aliphatic rings. The van der Waals surface area contributed by atoms with Gasteiger partial charge < -0.3 is 8.94 Å². The van der Waals surface area contributed by atoms with Crippen molar-refractivity contribution in [3.63, 3.8) is 0 Å². The van der Waals surface area contributed by atoms with E-state index in [0.29, 0.717) is 28.6 Å². The molecule has 0 N–H and O–H groups in total. The Morgan fingerprint density at radius 1 is 1.17 bits per heavy atom. The summed E-state index contributed by atoms with van der Waals surface area (Å²) in [7, 11) is 0. The molecular formula is C16H16N4O2S. The van der Waals surface area contributed by atoms with Gasteiger partial charge in [-0.25, -0.2) is 0 Å². The van der Waals surface area contributed by atoms with Crippen LogP contribution in [0.5, 0.6) is 0 Å². The van der Waals surface area contributed by atoms with Crippen molar-refractivity contribution in [2.75, 3.05) is 0 Å². The summed E-state index contributed by atoms with van der Waals surface area (Å²) in [5.41, 5.74) is 2.24. The van der Waals surface area contributed by atoms with Crippen molar-refractivity contribution < 1.29 is 8.94 Å². The van der Waals surface area contributed by atoms with Crippen LogP contribution in [-0.2, 0) is 12.2 Å². The quantitative estimate of drug-likeness (QED) is 0.636. The fourth-order valence-corrected chi connectivity index (χ4v) is 2.82. The van der Waals surface area contributed by atoms with E-state index in [4.69, 9.17) is 8.94 Å².